The van der Waals surface area contributed by atoms with E-state index in [-0.39, 0.29) is 11.5 Å². The van der Waals surface area contributed by atoms with E-state index in [1.807, 2.05) is 0 Å². The molecule has 0 bridgehead atoms. The van der Waals surface area contributed by atoms with Gasteiger partial charge in [0.2, 0.25) is 0 Å². The molecule has 1 saturated heterocycles. The molecule has 1 aliphatic heterocycles. The lowest BCUT2D eigenvalue weighted by Crippen LogP contribution is -2.47. The minimum absolute atomic E-state index is 0.0135. The summed E-state index contributed by atoms with van der Waals surface area (Å²) >= 11 is 0. The molecule has 0 saturated carbocycles. The lowest BCUT2D eigenvalue weighted by atomic mass is 9.76. The molecule has 3 rings (SSSR count). The maximum Gasteiger partial charge on any atom is 0.157 e. The molecule has 0 aromatic heterocycles. The van der Waals surface area contributed by atoms with Crippen LogP contribution in [0.25, 0.3) is 0 Å². The van der Waals surface area contributed by atoms with Gasteiger partial charge < -0.3 is 0 Å². The van der Waals surface area contributed by atoms with Gasteiger partial charge in [0.25, 0.3) is 0 Å². The number of ketones is 1. The number of benzene rings is 2. The van der Waals surface area contributed by atoms with Crippen molar-refractivity contribution in [1.82, 2.24) is 4.90 Å². The normalized spacial score (nSPS) is 24.7. The average molecular weight is 378 g/mol. The summed E-state index contributed by atoms with van der Waals surface area (Å²) in [5.74, 6) is 0.348. The highest BCUT2D eigenvalue weighted by molar-refractivity contribution is 5.93. The third-order valence-electron chi connectivity index (χ3n) is 7.38. The highest BCUT2D eigenvalue weighted by Crippen LogP contribution is 2.49. The summed E-state index contributed by atoms with van der Waals surface area (Å²) in [6.07, 6.45) is 2.87. The maximum atomic E-state index is 13.5. The van der Waals surface area contributed by atoms with Gasteiger partial charge in [0, 0.05) is 5.92 Å². The molecule has 28 heavy (non-hydrogen) atoms. The van der Waals surface area contributed by atoms with Crippen LogP contribution in [0.1, 0.15) is 61.9 Å². The molecule has 0 aliphatic carbocycles. The zero-order valence-corrected chi connectivity index (χ0v) is 18.6. The number of carbonyl (C=O) groups is 1. The molecule has 150 valence electrons. The van der Waals surface area contributed by atoms with Crippen molar-refractivity contribution in [2.24, 2.45) is 5.92 Å². The Hall–Kier alpha value is -1.93. The van der Waals surface area contributed by atoms with Crippen molar-refractivity contribution in [2.45, 2.75) is 71.9 Å². The second-order valence-electron chi connectivity index (χ2n) is 9.19. The molecule has 2 nitrogen and oxygen atoms in total. The van der Waals surface area contributed by atoms with Crippen LogP contribution in [0.5, 0.6) is 0 Å². The number of likely N-dealkylation sites (N-methyl/N-ethyl adjacent to an activating group) is 1. The van der Waals surface area contributed by atoms with Crippen LogP contribution < -0.4 is 0 Å². The van der Waals surface area contributed by atoms with Crippen molar-refractivity contribution in [2.75, 3.05) is 7.05 Å². The average Bonchev–Trinajstić information content (AvgIpc) is 2.81. The molecule has 0 amide bonds. The topological polar surface area (TPSA) is 20.3 Å². The lowest BCUT2D eigenvalue weighted by Gasteiger charge is -2.41. The molecular weight excluding hydrogens is 342 g/mol. The van der Waals surface area contributed by atoms with E-state index in [0.717, 1.165) is 19.3 Å². The Kier molecular flexibility index (Phi) is 5.55. The van der Waals surface area contributed by atoms with E-state index in [1.165, 1.54) is 27.8 Å². The van der Waals surface area contributed by atoms with Crippen molar-refractivity contribution < 1.29 is 4.79 Å². The molecule has 1 fully saturated rings. The fraction of sp³-hybridized carbons (Fsp3) is 0.500. The van der Waals surface area contributed by atoms with Crippen LogP contribution in [0, 0.1) is 19.8 Å². The van der Waals surface area contributed by atoms with Crippen LogP contribution in [-0.4, -0.2) is 23.3 Å². The molecule has 2 aromatic carbocycles. The lowest BCUT2D eigenvalue weighted by molar-refractivity contribution is -0.126. The zero-order chi connectivity index (χ0) is 20.7. The standard InChI is InChI=1S/C26H35NO/c1-8-20-10-12-21(13-11-20)14-16-23-24(28)25(4,5)27(7)26(23,6)22-15-9-18(2)19(3)17-22/h9-13,15,17,23H,8,14,16H2,1-7H3. The van der Waals surface area contributed by atoms with E-state index in [1.54, 1.807) is 0 Å². The minimum atomic E-state index is -0.454. The van der Waals surface area contributed by atoms with Crippen LogP contribution in [0.2, 0.25) is 0 Å². The number of carbonyl (C=O) groups excluding carboxylic acids is 1. The van der Waals surface area contributed by atoms with Gasteiger partial charge in [-0.25, -0.2) is 0 Å². The molecule has 0 radical (unpaired) electrons. The monoisotopic (exact) mass is 377 g/mol. The summed E-state index contributed by atoms with van der Waals surface area (Å²) in [7, 11) is 2.11. The fourth-order valence-electron chi connectivity index (χ4n) is 4.78. The van der Waals surface area contributed by atoms with Crippen molar-refractivity contribution in [3.8, 4) is 0 Å². The number of likely N-dealkylation sites (tertiary alicyclic amines) is 1. The number of hydrogen-bond acceptors (Lipinski definition) is 2. The Labute approximate surface area is 171 Å². The predicted octanol–water partition coefficient (Wildman–Crippen LogP) is 5.62. The Morgan fingerprint density at radius 2 is 1.54 bits per heavy atom. The van der Waals surface area contributed by atoms with Gasteiger partial charge >= 0.3 is 0 Å². The summed E-state index contributed by atoms with van der Waals surface area (Å²) in [6, 6.07) is 15.6. The molecule has 2 atom stereocenters. The number of Topliss-reactive ketones (excluding diaryl/α,β-unsaturated/α-hetero) is 1. The first kappa shape index (κ1) is 20.8. The van der Waals surface area contributed by atoms with Crippen molar-refractivity contribution in [3.63, 3.8) is 0 Å². The second kappa shape index (κ2) is 7.48. The Morgan fingerprint density at radius 3 is 2.11 bits per heavy atom. The first-order valence-electron chi connectivity index (χ1n) is 10.6. The third-order valence-corrected chi connectivity index (χ3v) is 7.38. The Bertz CT molecular complexity index is 865. The zero-order valence-electron chi connectivity index (χ0n) is 18.6. The summed E-state index contributed by atoms with van der Waals surface area (Å²) in [6.45, 7) is 12.9. The first-order chi connectivity index (χ1) is 13.1. The van der Waals surface area contributed by atoms with Gasteiger partial charge in [-0.3, -0.25) is 9.69 Å². The van der Waals surface area contributed by atoms with Crippen LogP contribution >= 0.6 is 0 Å². The van der Waals surface area contributed by atoms with Crippen LogP contribution in [0.4, 0.5) is 0 Å². The summed E-state index contributed by atoms with van der Waals surface area (Å²) in [5, 5.41) is 0. The summed E-state index contributed by atoms with van der Waals surface area (Å²) in [5.41, 5.74) is 5.78. The summed E-state index contributed by atoms with van der Waals surface area (Å²) in [4.78, 5) is 15.8. The second-order valence-corrected chi connectivity index (χ2v) is 9.19. The molecule has 1 aliphatic rings. The number of aryl methyl sites for hydroxylation is 4. The summed E-state index contributed by atoms with van der Waals surface area (Å²) < 4.78 is 0. The van der Waals surface area contributed by atoms with Crippen molar-refractivity contribution in [1.29, 1.82) is 0 Å². The van der Waals surface area contributed by atoms with Gasteiger partial charge in [-0.05, 0) is 88.7 Å². The van der Waals surface area contributed by atoms with Gasteiger partial charge in [0.05, 0.1) is 11.1 Å². The molecule has 2 aromatic rings. The molecule has 0 spiro atoms. The van der Waals surface area contributed by atoms with Gasteiger partial charge in [0.1, 0.15) is 0 Å². The predicted molar refractivity (Wildman–Crippen MR) is 118 cm³/mol. The van der Waals surface area contributed by atoms with E-state index in [9.17, 15) is 4.79 Å². The van der Waals surface area contributed by atoms with Gasteiger partial charge in [-0.1, -0.05) is 49.4 Å². The number of rotatable bonds is 5. The third kappa shape index (κ3) is 3.33. The molecule has 2 heteroatoms. The maximum absolute atomic E-state index is 13.5. The Balaban J connectivity index is 1.95. The molecule has 2 unspecified atom stereocenters. The van der Waals surface area contributed by atoms with Gasteiger partial charge in [-0.2, -0.15) is 0 Å². The first-order valence-corrected chi connectivity index (χ1v) is 10.6. The van der Waals surface area contributed by atoms with Crippen molar-refractivity contribution in [3.05, 3.63) is 70.3 Å². The van der Waals surface area contributed by atoms with E-state index in [2.05, 4.69) is 96.0 Å². The van der Waals surface area contributed by atoms with E-state index >= 15 is 0 Å². The van der Waals surface area contributed by atoms with Crippen molar-refractivity contribution >= 4 is 5.78 Å². The number of nitrogens with zero attached hydrogens (tertiary/aromatic N) is 1. The van der Waals surface area contributed by atoms with E-state index in [4.69, 9.17) is 0 Å². The molecule has 0 N–H and O–H groups in total. The van der Waals surface area contributed by atoms with Crippen LogP contribution in [0.15, 0.2) is 42.5 Å². The minimum Gasteiger partial charge on any atom is -0.297 e. The molecule has 1 heterocycles. The highest BCUT2D eigenvalue weighted by atomic mass is 16.1. The number of hydrogen-bond donors (Lipinski definition) is 0. The highest BCUT2D eigenvalue weighted by Gasteiger charge is 2.58. The fourth-order valence-corrected chi connectivity index (χ4v) is 4.78. The van der Waals surface area contributed by atoms with Gasteiger partial charge in [-0.15, -0.1) is 0 Å². The smallest absolute Gasteiger partial charge is 0.157 e. The van der Waals surface area contributed by atoms with Gasteiger partial charge in [0.15, 0.2) is 5.78 Å². The quantitative estimate of drug-likeness (QED) is 0.674. The molecular formula is C26H35NO. The van der Waals surface area contributed by atoms with E-state index in [0.29, 0.717) is 5.78 Å². The van der Waals surface area contributed by atoms with Crippen LogP contribution in [-0.2, 0) is 23.2 Å². The van der Waals surface area contributed by atoms with Crippen LogP contribution in [0.3, 0.4) is 0 Å². The van der Waals surface area contributed by atoms with E-state index < -0.39 is 5.54 Å². The largest absolute Gasteiger partial charge is 0.297 e. The SMILES string of the molecule is CCc1ccc(CCC2C(=O)C(C)(C)N(C)C2(C)c2ccc(C)c(C)c2)cc1. The Morgan fingerprint density at radius 1 is 0.929 bits per heavy atom.